The Bertz CT molecular complexity index is 662. The summed E-state index contributed by atoms with van der Waals surface area (Å²) in [6.07, 6.45) is 2.60. The molecular formula is C20H25BFNO. The number of halogens is 1. The molecule has 2 rings (SSSR count). The van der Waals surface area contributed by atoms with Crippen LogP contribution in [-0.4, -0.2) is 20.3 Å². The van der Waals surface area contributed by atoms with Crippen LogP contribution < -0.4 is 10.8 Å². The first kappa shape index (κ1) is 18.2. The average Bonchev–Trinajstić information content (AvgIpc) is 2.52. The van der Waals surface area contributed by atoms with E-state index in [1.807, 2.05) is 38.2 Å². The molecule has 0 aliphatic heterocycles. The fourth-order valence-electron chi connectivity index (χ4n) is 2.64. The highest BCUT2D eigenvalue weighted by molar-refractivity contribution is 6.32. The second kappa shape index (κ2) is 8.67. The van der Waals surface area contributed by atoms with Crippen molar-refractivity contribution in [3.63, 3.8) is 0 Å². The first-order chi connectivity index (χ1) is 11.4. The van der Waals surface area contributed by atoms with E-state index in [0.29, 0.717) is 18.0 Å². The van der Waals surface area contributed by atoms with Gasteiger partial charge in [0.1, 0.15) is 13.7 Å². The van der Waals surface area contributed by atoms with Crippen molar-refractivity contribution in [3.8, 4) is 0 Å². The molecule has 0 aliphatic carbocycles. The van der Waals surface area contributed by atoms with Gasteiger partial charge >= 0.3 is 0 Å². The van der Waals surface area contributed by atoms with Gasteiger partial charge in [-0.25, -0.2) is 4.39 Å². The van der Waals surface area contributed by atoms with Crippen LogP contribution in [0, 0.1) is 11.7 Å². The van der Waals surface area contributed by atoms with Gasteiger partial charge in [-0.15, -0.1) is 0 Å². The molecule has 0 spiro atoms. The topological polar surface area (TPSA) is 29.1 Å². The Balaban J connectivity index is 1.88. The van der Waals surface area contributed by atoms with Crippen molar-refractivity contribution in [2.24, 2.45) is 5.92 Å². The molecule has 0 bridgehead atoms. The number of amides is 1. The van der Waals surface area contributed by atoms with E-state index in [9.17, 15) is 9.18 Å². The SMILES string of the molecule is Bc1cc(F)cc(CCc2ccc(C(=O)NCCC(C)C)cc2)c1. The summed E-state index contributed by atoms with van der Waals surface area (Å²) in [5.41, 5.74) is 3.78. The number of rotatable bonds is 7. The molecule has 2 aromatic carbocycles. The maximum atomic E-state index is 13.4. The lowest BCUT2D eigenvalue weighted by Gasteiger charge is -2.08. The molecule has 2 aromatic rings. The van der Waals surface area contributed by atoms with Crippen LogP contribution in [0.5, 0.6) is 0 Å². The summed E-state index contributed by atoms with van der Waals surface area (Å²) in [7, 11) is 1.90. The minimum absolute atomic E-state index is 0.0250. The Kier molecular flexibility index (Phi) is 6.59. The number of nitrogens with one attached hydrogen (secondary N) is 1. The van der Waals surface area contributed by atoms with Crippen molar-refractivity contribution in [3.05, 3.63) is 65.0 Å². The quantitative estimate of drug-likeness (QED) is 0.779. The van der Waals surface area contributed by atoms with Crippen molar-refractivity contribution in [2.45, 2.75) is 33.1 Å². The van der Waals surface area contributed by atoms with Crippen LogP contribution in [0.1, 0.15) is 41.8 Å². The molecule has 2 nitrogen and oxygen atoms in total. The smallest absolute Gasteiger partial charge is 0.251 e. The van der Waals surface area contributed by atoms with E-state index in [-0.39, 0.29) is 11.7 Å². The number of carbonyl (C=O) groups excluding carboxylic acids is 1. The third-order valence-corrected chi connectivity index (χ3v) is 4.03. The van der Waals surface area contributed by atoms with E-state index in [4.69, 9.17) is 0 Å². The Morgan fingerprint density at radius 1 is 1.08 bits per heavy atom. The minimum Gasteiger partial charge on any atom is -0.352 e. The second-order valence-electron chi connectivity index (χ2n) is 6.77. The van der Waals surface area contributed by atoms with Gasteiger partial charge in [-0.05, 0) is 60.6 Å². The number of carbonyl (C=O) groups is 1. The van der Waals surface area contributed by atoms with Crippen LogP contribution in [0.2, 0.25) is 0 Å². The molecular weight excluding hydrogens is 300 g/mol. The second-order valence-corrected chi connectivity index (χ2v) is 6.77. The first-order valence-corrected chi connectivity index (χ1v) is 8.57. The van der Waals surface area contributed by atoms with Gasteiger partial charge in [0.05, 0.1) is 0 Å². The minimum atomic E-state index is -0.182. The summed E-state index contributed by atoms with van der Waals surface area (Å²) in [6.45, 7) is 4.99. The maximum absolute atomic E-state index is 13.4. The molecule has 0 atom stereocenters. The first-order valence-electron chi connectivity index (χ1n) is 8.57. The standard InChI is InChI=1S/C20H25BFNO/c1-14(2)9-10-23-20(24)17-7-5-15(6-8-17)3-4-16-11-18(21)13-19(22)12-16/h5-8,11-14H,3-4,9-10,21H2,1-2H3,(H,23,24). The Morgan fingerprint density at radius 3 is 2.38 bits per heavy atom. The van der Waals surface area contributed by atoms with Crippen molar-refractivity contribution < 1.29 is 9.18 Å². The van der Waals surface area contributed by atoms with E-state index < -0.39 is 0 Å². The van der Waals surface area contributed by atoms with Crippen LogP contribution >= 0.6 is 0 Å². The third-order valence-electron chi connectivity index (χ3n) is 4.03. The Labute approximate surface area is 144 Å². The average molecular weight is 325 g/mol. The third kappa shape index (κ3) is 5.84. The number of benzene rings is 2. The highest BCUT2D eigenvalue weighted by Crippen LogP contribution is 2.10. The zero-order valence-corrected chi connectivity index (χ0v) is 14.7. The Morgan fingerprint density at radius 2 is 1.75 bits per heavy atom. The fraction of sp³-hybridized carbons (Fsp3) is 0.350. The number of hydrogen-bond acceptors (Lipinski definition) is 1. The van der Waals surface area contributed by atoms with E-state index in [1.54, 1.807) is 6.07 Å². The molecule has 24 heavy (non-hydrogen) atoms. The van der Waals surface area contributed by atoms with E-state index in [1.165, 1.54) is 6.07 Å². The molecule has 0 fully saturated rings. The summed E-state index contributed by atoms with van der Waals surface area (Å²) in [6, 6.07) is 12.8. The summed E-state index contributed by atoms with van der Waals surface area (Å²) < 4.78 is 13.4. The van der Waals surface area contributed by atoms with E-state index >= 15 is 0 Å². The lowest BCUT2D eigenvalue weighted by atomic mass is 9.92. The fourth-order valence-corrected chi connectivity index (χ4v) is 2.64. The highest BCUT2D eigenvalue weighted by Gasteiger charge is 2.06. The van der Waals surface area contributed by atoms with E-state index in [0.717, 1.165) is 35.9 Å². The Hall–Kier alpha value is -2.10. The normalized spacial score (nSPS) is 10.8. The molecule has 126 valence electrons. The molecule has 0 heterocycles. The van der Waals surface area contributed by atoms with Crippen LogP contribution in [0.3, 0.4) is 0 Å². The summed E-state index contributed by atoms with van der Waals surface area (Å²) in [5, 5.41) is 2.94. The largest absolute Gasteiger partial charge is 0.352 e. The molecule has 0 saturated heterocycles. The predicted molar refractivity (Wildman–Crippen MR) is 100 cm³/mol. The van der Waals surface area contributed by atoms with Crippen LogP contribution in [0.15, 0.2) is 42.5 Å². The van der Waals surface area contributed by atoms with Gasteiger partial charge in [-0.3, -0.25) is 4.79 Å². The molecule has 0 unspecified atom stereocenters. The molecule has 1 amide bonds. The lowest BCUT2D eigenvalue weighted by Crippen LogP contribution is -2.25. The molecule has 0 aliphatic rings. The van der Waals surface area contributed by atoms with Gasteiger partial charge in [0.2, 0.25) is 0 Å². The van der Waals surface area contributed by atoms with Gasteiger partial charge in [0.25, 0.3) is 5.91 Å². The van der Waals surface area contributed by atoms with Crippen LogP contribution in [0.25, 0.3) is 0 Å². The maximum Gasteiger partial charge on any atom is 0.251 e. The lowest BCUT2D eigenvalue weighted by molar-refractivity contribution is 0.0952. The van der Waals surface area contributed by atoms with Gasteiger partial charge in [0.15, 0.2) is 0 Å². The summed E-state index contributed by atoms with van der Waals surface area (Å²) in [4.78, 5) is 12.0. The molecule has 1 N–H and O–H groups in total. The van der Waals surface area contributed by atoms with Gasteiger partial charge in [0, 0.05) is 12.1 Å². The highest BCUT2D eigenvalue weighted by atomic mass is 19.1. The van der Waals surface area contributed by atoms with Crippen molar-refractivity contribution in [2.75, 3.05) is 6.54 Å². The zero-order valence-electron chi connectivity index (χ0n) is 14.7. The van der Waals surface area contributed by atoms with Gasteiger partial charge < -0.3 is 5.32 Å². The van der Waals surface area contributed by atoms with Crippen molar-refractivity contribution in [1.29, 1.82) is 0 Å². The monoisotopic (exact) mass is 325 g/mol. The molecule has 0 aromatic heterocycles. The zero-order chi connectivity index (χ0) is 17.5. The summed E-state index contributed by atoms with van der Waals surface area (Å²) >= 11 is 0. The van der Waals surface area contributed by atoms with E-state index in [2.05, 4.69) is 19.2 Å². The van der Waals surface area contributed by atoms with Crippen molar-refractivity contribution >= 4 is 19.2 Å². The molecule has 0 radical (unpaired) electrons. The van der Waals surface area contributed by atoms with Crippen LogP contribution in [0.4, 0.5) is 4.39 Å². The predicted octanol–water partition coefficient (Wildman–Crippen LogP) is 2.65. The number of aryl methyl sites for hydroxylation is 2. The molecule has 4 heteroatoms. The van der Waals surface area contributed by atoms with Crippen LogP contribution in [-0.2, 0) is 12.8 Å². The summed E-state index contributed by atoms with van der Waals surface area (Å²) in [5.74, 6) is 0.375. The van der Waals surface area contributed by atoms with Gasteiger partial charge in [-0.1, -0.05) is 37.5 Å². The molecule has 0 saturated carbocycles. The van der Waals surface area contributed by atoms with Crippen molar-refractivity contribution in [1.82, 2.24) is 5.32 Å². The number of hydrogen-bond donors (Lipinski definition) is 1. The van der Waals surface area contributed by atoms with Gasteiger partial charge in [-0.2, -0.15) is 0 Å².